The molecule has 2 N–H and O–H groups in total. The van der Waals surface area contributed by atoms with E-state index in [-0.39, 0.29) is 19.0 Å². The minimum Gasteiger partial charge on any atom is -0.342 e. The lowest BCUT2D eigenvalue weighted by atomic mass is 10.4. The van der Waals surface area contributed by atoms with Gasteiger partial charge in [-0.1, -0.05) is 0 Å². The Hall–Kier alpha value is -1.87. The Morgan fingerprint density at radius 3 is 3.12 bits per heavy atom. The number of aromatic nitrogens is 2. The summed E-state index contributed by atoms with van der Waals surface area (Å²) in [6, 6.07) is 1.85. The summed E-state index contributed by atoms with van der Waals surface area (Å²) < 4.78 is 1.94. The maximum Gasteiger partial charge on any atom is 0.234 e. The van der Waals surface area contributed by atoms with Crippen molar-refractivity contribution in [1.29, 1.82) is 5.26 Å². The zero-order valence-corrected chi connectivity index (χ0v) is 9.23. The van der Waals surface area contributed by atoms with Crippen LogP contribution in [0.5, 0.6) is 0 Å². The lowest BCUT2D eigenvalue weighted by Gasteiger charge is -2.04. The summed E-state index contributed by atoms with van der Waals surface area (Å²) in [5.41, 5.74) is 0. The van der Waals surface area contributed by atoms with Gasteiger partial charge in [0.1, 0.15) is 12.4 Å². The molecule has 0 aliphatic heterocycles. The molecule has 0 aliphatic carbocycles. The molecule has 0 spiro atoms. The quantitative estimate of drug-likeness (QED) is 0.486. The Balaban J connectivity index is 2.11. The molecule has 1 amide bonds. The molecule has 0 saturated carbocycles. The fraction of sp³-hybridized carbons (Fsp3) is 0.500. The van der Waals surface area contributed by atoms with Crippen molar-refractivity contribution in [3.63, 3.8) is 0 Å². The molecule has 1 aromatic heterocycles. The van der Waals surface area contributed by atoms with E-state index in [2.05, 4.69) is 15.6 Å². The Morgan fingerprint density at radius 2 is 2.50 bits per heavy atom. The second-order valence-corrected chi connectivity index (χ2v) is 3.32. The van der Waals surface area contributed by atoms with Crippen molar-refractivity contribution in [3.8, 4) is 6.07 Å². The molecule has 0 fully saturated rings. The second-order valence-electron chi connectivity index (χ2n) is 3.32. The number of aryl methyl sites for hydroxylation is 1. The molecule has 0 aliphatic rings. The van der Waals surface area contributed by atoms with Crippen molar-refractivity contribution in [2.45, 2.75) is 6.42 Å². The first kappa shape index (κ1) is 12.2. The molecule has 0 atom stereocenters. The molecule has 6 heteroatoms. The average molecular weight is 221 g/mol. The molecule has 0 bridgehead atoms. The predicted molar refractivity (Wildman–Crippen MR) is 58.4 cm³/mol. The molecule has 86 valence electrons. The van der Waals surface area contributed by atoms with Gasteiger partial charge in [-0.05, 0) is 0 Å². The summed E-state index contributed by atoms with van der Waals surface area (Å²) in [5, 5.41) is 13.7. The highest BCUT2D eigenvalue weighted by atomic mass is 16.1. The number of carbonyl (C=O) groups excluding carboxylic acids is 1. The summed E-state index contributed by atoms with van der Waals surface area (Å²) in [7, 11) is 1.93. The van der Waals surface area contributed by atoms with E-state index in [1.165, 1.54) is 0 Å². The highest BCUT2D eigenvalue weighted by Crippen LogP contribution is 1.93. The van der Waals surface area contributed by atoms with E-state index >= 15 is 0 Å². The number of nitrogens with zero attached hydrogens (tertiary/aromatic N) is 3. The Bertz CT molecular complexity index is 379. The van der Waals surface area contributed by atoms with Crippen molar-refractivity contribution in [3.05, 3.63) is 18.2 Å². The van der Waals surface area contributed by atoms with E-state index in [1.807, 2.05) is 23.9 Å². The molecule has 16 heavy (non-hydrogen) atoms. The topological polar surface area (TPSA) is 82.7 Å². The van der Waals surface area contributed by atoms with E-state index in [1.54, 1.807) is 6.20 Å². The Labute approximate surface area is 94.3 Å². The first-order chi connectivity index (χ1) is 7.74. The van der Waals surface area contributed by atoms with Crippen LogP contribution in [0, 0.1) is 11.3 Å². The van der Waals surface area contributed by atoms with Gasteiger partial charge in [0.25, 0.3) is 0 Å². The number of amides is 1. The van der Waals surface area contributed by atoms with Crippen LogP contribution in [0.25, 0.3) is 0 Å². The maximum absolute atomic E-state index is 11.1. The molecule has 0 saturated heterocycles. The minimum atomic E-state index is -0.165. The third-order valence-corrected chi connectivity index (χ3v) is 2.10. The first-order valence-corrected chi connectivity index (χ1v) is 5.04. The van der Waals surface area contributed by atoms with Gasteiger partial charge in [-0.15, -0.1) is 0 Å². The standard InChI is InChI=1S/C10H15N5O/c1-15-7-6-13-9(15)2-4-12-8-10(16)14-5-3-11/h6-7,12H,2,4-5,8H2,1H3,(H,14,16). The first-order valence-electron chi connectivity index (χ1n) is 5.04. The van der Waals surface area contributed by atoms with Crippen molar-refractivity contribution < 1.29 is 4.79 Å². The fourth-order valence-corrected chi connectivity index (χ4v) is 1.24. The molecule has 1 heterocycles. The van der Waals surface area contributed by atoms with Gasteiger partial charge in [-0.2, -0.15) is 5.26 Å². The lowest BCUT2D eigenvalue weighted by molar-refractivity contribution is -0.120. The highest BCUT2D eigenvalue weighted by Gasteiger charge is 2.01. The highest BCUT2D eigenvalue weighted by molar-refractivity contribution is 5.78. The second kappa shape index (κ2) is 6.58. The number of hydrogen-bond donors (Lipinski definition) is 2. The molecular formula is C10H15N5O. The molecule has 0 aromatic carbocycles. The zero-order chi connectivity index (χ0) is 11.8. The molecular weight excluding hydrogens is 206 g/mol. The molecule has 6 nitrogen and oxygen atoms in total. The summed E-state index contributed by atoms with van der Waals surface area (Å²) in [4.78, 5) is 15.2. The van der Waals surface area contributed by atoms with Crippen LogP contribution in [0.1, 0.15) is 5.82 Å². The Kier molecular flexibility index (Phi) is 5.02. The maximum atomic E-state index is 11.1. The van der Waals surface area contributed by atoms with Crippen LogP contribution in [0.3, 0.4) is 0 Å². The van der Waals surface area contributed by atoms with Crippen molar-refractivity contribution >= 4 is 5.91 Å². The number of hydrogen-bond acceptors (Lipinski definition) is 4. The zero-order valence-electron chi connectivity index (χ0n) is 9.23. The molecule has 0 unspecified atom stereocenters. The van der Waals surface area contributed by atoms with E-state index in [0.29, 0.717) is 6.54 Å². The number of rotatable bonds is 6. The summed E-state index contributed by atoms with van der Waals surface area (Å²) in [6.45, 7) is 0.969. The van der Waals surface area contributed by atoms with Crippen LogP contribution < -0.4 is 10.6 Å². The van der Waals surface area contributed by atoms with Crippen LogP contribution in [0.2, 0.25) is 0 Å². The fourth-order valence-electron chi connectivity index (χ4n) is 1.24. The number of imidazole rings is 1. The van der Waals surface area contributed by atoms with Gasteiger partial charge < -0.3 is 15.2 Å². The van der Waals surface area contributed by atoms with E-state index in [4.69, 9.17) is 5.26 Å². The predicted octanol–water partition coefficient (Wildman–Crippen LogP) is -0.808. The van der Waals surface area contributed by atoms with Gasteiger partial charge in [0.15, 0.2) is 0 Å². The molecule has 1 rings (SSSR count). The van der Waals surface area contributed by atoms with Gasteiger partial charge in [-0.3, -0.25) is 4.79 Å². The number of nitrogens with one attached hydrogen (secondary N) is 2. The van der Waals surface area contributed by atoms with Crippen molar-refractivity contribution in [1.82, 2.24) is 20.2 Å². The number of nitriles is 1. The van der Waals surface area contributed by atoms with E-state index in [9.17, 15) is 4.79 Å². The summed E-state index contributed by atoms with van der Waals surface area (Å²) in [5.74, 6) is 0.811. The van der Waals surface area contributed by atoms with Crippen molar-refractivity contribution in [2.75, 3.05) is 19.6 Å². The van der Waals surface area contributed by atoms with Gasteiger partial charge in [0.05, 0.1) is 12.6 Å². The lowest BCUT2D eigenvalue weighted by Crippen LogP contribution is -2.35. The monoisotopic (exact) mass is 221 g/mol. The van der Waals surface area contributed by atoms with Crippen LogP contribution >= 0.6 is 0 Å². The van der Waals surface area contributed by atoms with Gasteiger partial charge in [-0.25, -0.2) is 4.98 Å². The minimum absolute atomic E-state index is 0.0554. The average Bonchev–Trinajstić information content (AvgIpc) is 2.67. The van der Waals surface area contributed by atoms with Crippen LogP contribution in [-0.2, 0) is 18.3 Å². The normalized spacial score (nSPS) is 9.75. The largest absolute Gasteiger partial charge is 0.342 e. The van der Waals surface area contributed by atoms with Crippen molar-refractivity contribution in [2.24, 2.45) is 7.05 Å². The summed E-state index contributed by atoms with van der Waals surface area (Å²) >= 11 is 0. The van der Waals surface area contributed by atoms with Gasteiger partial charge in [0, 0.05) is 32.4 Å². The molecule has 0 radical (unpaired) electrons. The van der Waals surface area contributed by atoms with Gasteiger partial charge >= 0.3 is 0 Å². The smallest absolute Gasteiger partial charge is 0.234 e. The molecule has 1 aromatic rings. The summed E-state index contributed by atoms with van der Waals surface area (Å²) in [6.07, 6.45) is 4.40. The van der Waals surface area contributed by atoms with Crippen LogP contribution in [0.15, 0.2) is 12.4 Å². The van der Waals surface area contributed by atoms with Crippen LogP contribution in [-0.4, -0.2) is 35.1 Å². The van der Waals surface area contributed by atoms with Gasteiger partial charge in [0.2, 0.25) is 5.91 Å². The Morgan fingerprint density at radius 1 is 1.69 bits per heavy atom. The third-order valence-electron chi connectivity index (χ3n) is 2.10. The van der Waals surface area contributed by atoms with E-state index < -0.39 is 0 Å². The number of carbonyl (C=O) groups is 1. The third kappa shape index (κ3) is 4.11. The SMILES string of the molecule is Cn1ccnc1CCNCC(=O)NCC#N. The van der Waals surface area contributed by atoms with E-state index in [0.717, 1.165) is 12.2 Å². The van der Waals surface area contributed by atoms with Crippen LogP contribution in [0.4, 0.5) is 0 Å².